The molecule has 4 rings (SSSR count). The zero-order valence-corrected chi connectivity index (χ0v) is 18.0. The van der Waals surface area contributed by atoms with Crippen LogP contribution in [0.1, 0.15) is 39.4 Å². The average molecular weight is 460 g/mol. The van der Waals surface area contributed by atoms with E-state index in [0.717, 1.165) is 5.56 Å². The molecule has 0 spiro atoms. The van der Waals surface area contributed by atoms with Crippen LogP contribution in [-0.2, 0) is 11.2 Å². The van der Waals surface area contributed by atoms with Crippen molar-refractivity contribution in [2.45, 2.75) is 25.0 Å². The van der Waals surface area contributed by atoms with E-state index in [0.29, 0.717) is 41.2 Å². The number of amides is 1. The minimum atomic E-state index is -1.03. The van der Waals surface area contributed by atoms with Crippen molar-refractivity contribution in [2.75, 3.05) is 6.54 Å². The van der Waals surface area contributed by atoms with E-state index in [1.165, 1.54) is 18.2 Å². The molecule has 0 saturated heterocycles. The first kappa shape index (κ1) is 22.8. The van der Waals surface area contributed by atoms with Gasteiger partial charge in [-0.15, -0.1) is 0 Å². The van der Waals surface area contributed by atoms with Gasteiger partial charge in [-0.25, -0.2) is 4.39 Å². The van der Waals surface area contributed by atoms with Gasteiger partial charge in [0.2, 0.25) is 6.29 Å². The highest BCUT2D eigenvalue weighted by molar-refractivity contribution is 5.94. The second-order valence-corrected chi connectivity index (χ2v) is 7.81. The number of aliphatic carboxylic acids is 1. The first-order valence-electron chi connectivity index (χ1n) is 10.7. The predicted molar refractivity (Wildman–Crippen MR) is 120 cm³/mol. The molecule has 0 aromatic heterocycles. The quantitative estimate of drug-likeness (QED) is 0.551. The minimum absolute atomic E-state index is 0.0723. The molecule has 1 heterocycles. The smallest absolute Gasteiger partial charge is 0.311 e. The van der Waals surface area contributed by atoms with E-state index >= 15 is 0 Å². The number of hydrogen-bond donors (Lipinski definition) is 2. The van der Waals surface area contributed by atoms with Gasteiger partial charge in [0.25, 0.3) is 5.91 Å². The molecule has 3 aromatic carbocycles. The van der Waals surface area contributed by atoms with E-state index in [4.69, 9.17) is 14.7 Å². The molecule has 0 aliphatic carbocycles. The summed E-state index contributed by atoms with van der Waals surface area (Å²) in [6.07, 6.45) is -0.186. The Morgan fingerprint density at radius 3 is 2.53 bits per heavy atom. The third-order valence-corrected chi connectivity index (χ3v) is 5.50. The summed E-state index contributed by atoms with van der Waals surface area (Å²) < 4.78 is 24.6. The number of rotatable bonds is 7. The third kappa shape index (κ3) is 5.33. The fraction of sp³-hybridized carbons (Fsp3) is 0.192. The van der Waals surface area contributed by atoms with Crippen molar-refractivity contribution in [3.63, 3.8) is 0 Å². The minimum Gasteiger partial charge on any atom is -0.481 e. The number of carboxylic acid groups (broad SMARTS) is 1. The number of hydrogen-bond acceptors (Lipinski definition) is 5. The number of nitriles is 1. The molecule has 7 nitrogen and oxygen atoms in total. The van der Waals surface area contributed by atoms with Crippen molar-refractivity contribution in [1.29, 1.82) is 5.26 Å². The summed E-state index contributed by atoms with van der Waals surface area (Å²) in [5.74, 6) is -1.66. The monoisotopic (exact) mass is 460 g/mol. The van der Waals surface area contributed by atoms with Crippen LogP contribution in [0.4, 0.5) is 4.39 Å². The second-order valence-electron chi connectivity index (χ2n) is 7.81. The van der Waals surface area contributed by atoms with Crippen molar-refractivity contribution >= 4 is 11.9 Å². The fourth-order valence-electron chi connectivity index (χ4n) is 3.72. The zero-order valence-electron chi connectivity index (χ0n) is 18.0. The van der Waals surface area contributed by atoms with Crippen molar-refractivity contribution < 1.29 is 28.6 Å². The summed E-state index contributed by atoms with van der Waals surface area (Å²) in [6, 6.07) is 19.2. The molecule has 34 heavy (non-hydrogen) atoms. The summed E-state index contributed by atoms with van der Waals surface area (Å²) >= 11 is 0. The molecule has 1 aliphatic heterocycles. The number of carbonyl (C=O) groups excluding carboxylic acids is 1. The van der Waals surface area contributed by atoms with Crippen LogP contribution < -0.4 is 14.8 Å². The molecule has 1 aliphatic rings. The Morgan fingerprint density at radius 2 is 1.85 bits per heavy atom. The van der Waals surface area contributed by atoms with Gasteiger partial charge in [-0.3, -0.25) is 9.59 Å². The lowest BCUT2D eigenvalue weighted by Gasteiger charge is -2.30. The lowest BCUT2D eigenvalue weighted by atomic mass is 9.91. The van der Waals surface area contributed by atoms with Gasteiger partial charge in [-0.05, 0) is 66.6 Å². The van der Waals surface area contributed by atoms with Crippen LogP contribution in [0.2, 0.25) is 0 Å². The lowest BCUT2D eigenvalue weighted by Crippen LogP contribution is -2.33. The van der Waals surface area contributed by atoms with Crippen LogP contribution >= 0.6 is 0 Å². The molecule has 0 fully saturated rings. The van der Waals surface area contributed by atoms with E-state index in [2.05, 4.69) is 5.32 Å². The van der Waals surface area contributed by atoms with Crippen molar-refractivity contribution in [2.24, 2.45) is 0 Å². The third-order valence-electron chi connectivity index (χ3n) is 5.50. The summed E-state index contributed by atoms with van der Waals surface area (Å²) in [5.41, 5.74) is 2.16. The van der Waals surface area contributed by atoms with Crippen LogP contribution in [0.15, 0.2) is 66.7 Å². The van der Waals surface area contributed by atoms with E-state index in [1.807, 2.05) is 6.07 Å². The van der Waals surface area contributed by atoms with Gasteiger partial charge >= 0.3 is 5.97 Å². The van der Waals surface area contributed by atoms with Gasteiger partial charge in [0, 0.05) is 24.1 Å². The fourth-order valence-corrected chi connectivity index (χ4v) is 3.72. The molecule has 0 radical (unpaired) electrons. The van der Waals surface area contributed by atoms with Crippen LogP contribution in [0.5, 0.6) is 11.5 Å². The SMILES string of the molecule is N#Cc1ccc2c(c1)C(C(=O)O)CC(Oc1ccc(C(=O)NCCc3ccc(F)cc3)cc1)O2. The Labute approximate surface area is 195 Å². The zero-order chi connectivity index (χ0) is 24.1. The van der Waals surface area contributed by atoms with Gasteiger partial charge in [0.05, 0.1) is 17.6 Å². The first-order valence-corrected chi connectivity index (χ1v) is 10.7. The summed E-state index contributed by atoms with van der Waals surface area (Å²) in [4.78, 5) is 24.1. The Bertz CT molecular complexity index is 1240. The number of nitrogens with one attached hydrogen (secondary N) is 1. The van der Waals surface area contributed by atoms with E-state index in [1.54, 1.807) is 48.5 Å². The Kier molecular flexibility index (Phi) is 6.74. The molecule has 3 aromatic rings. The number of halogens is 1. The van der Waals surface area contributed by atoms with Gasteiger partial charge < -0.3 is 19.9 Å². The highest BCUT2D eigenvalue weighted by Gasteiger charge is 2.34. The molecule has 172 valence electrons. The van der Waals surface area contributed by atoms with Crippen molar-refractivity contribution in [1.82, 2.24) is 5.32 Å². The maximum Gasteiger partial charge on any atom is 0.311 e. The number of ether oxygens (including phenoxy) is 2. The highest BCUT2D eigenvalue weighted by atomic mass is 19.1. The molecule has 0 saturated carbocycles. The number of fused-ring (bicyclic) bond motifs is 1. The molecular formula is C26H21FN2O5. The van der Waals surface area contributed by atoms with Crippen LogP contribution in [0.3, 0.4) is 0 Å². The van der Waals surface area contributed by atoms with E-state index in [-0.39, 0.29) is 18.1 Å². The van der Waals surface area contributed by atoms with Crippen molar-refractivity contribution in [3.05, 3.63) is 94.8 Å². The van der Waals surface area contributed by atoms with Gasteiger partial charge in [-0.1, -0.05) is 12.1 Å². The molecule has 1 amide bonds. The molecule has 2 N–H and O–H groups in total. The van der Waals surface area contributed by atoms with Gasteiger partial charge in [0.15, 0.2) is 0 Å². The number of nitrogens with zero attached hydrogens (tertiary/aromatic N) is 1. The summed E-state index contributed by atoms with van der Waals surface area (Å²) in [6.45, 7) is 0.405. The lowest BCUT2D eigenvalue weighted by molar-refractivity contribution is -0.141. The normalized spacial score (nSPS) is 16.5. The van der Waals surface area contributed by atoms with E-state index < -0.39 is 18.2 Å². The standard InChI is InChI=1S/C26H21FN2O5/c27-19-6-1-16(2-7-19)11-12-29-25(30)18-4-8-20(9-5-18)33-24-14-22(26(31)32)21-13-17(15-28)3-10-23(21)34-24/h1-10,13,22,24H,11-12,14H2,(H,29,30)(H,31,32). The Hall–Kier alpha value is -4.38. The summed E-state index contributed by atoms with van der Waals surface area (Å²) in [7, 11) is 0. The molecule has 2 unspecified atom stereocenters. The van der Waals surface area contributed by atoms with E-state index in [9.17, 15) is 19.1 Å². The van der Waals surface area contributed by atoms with Crippen LogP contribution in [-0.4, -0.2) is 29.8 Å². The molecule has 8 heteroatoms. The number of carboxylic acids is 1. The molecule has 0 bridgehead atoms. The summed E-state index contributed by atoms with van der Waals surface area (Å²) in [5, 5.41) is 21.5. The van der Waals surface area contributed by atoms with Gasteiger partial charge in [-0.2, -0.15) is 5.26 Å². The number of carbonyl (C=O) groups is 2. The van der Waals surface area contributed by atoms with Gasteiger partial charge in [0.1, 0.15) is 17.3 Å². The Balaban J connectivity index is 1.35. The number of benzene rings is 3. The second kappa shape index (κ2) is 10.0. The van der Waals surface area contributed by atoms with Crippen LogP contribution in [0.25, 0.3) is 0 Å². The predicted octanol–water partition coefficient (Wildman–Crippen LogP) is 4.03. The molecule has 2 atom stereocenters. The topological polar surface area (TPSA) is 109 Å². The average Bonchev–Trinajstić information content (AvgIpc) is 2.84. The largest absolute Gasteiger partial charge is 0.481 e. The first-order chi connectivity index (χ1) is 16.4. The van der Waals surface area contributed by atoms with Crippen molar-refractivity contribution in [3.8, 4) is 17.6 Å². The van der Waals surface area contributed by atoms with Crippen LogP contribution in [0, 0.1) is 17.1 Å². The maximum absolute atomic E-state index is 13.0. The molecular weight excluding hydrogens is 439 g/mol. The Morgan fingerprint density at radius 1 is 1.12 bits per heavy atom. The highest BCUT2D eigenvalue weighted by Crippen LogP contribution is 2.37. The maximum atomic E-state index is 13.0.